The zero-order valence-electron chi connectivity index (χ0n) is 12.6. The summed E-state index contributed by atoms with van der Waals surface area (Å²) in [4.78, 5) is 2.41. The first-order chi connectivity index (χ1) is 9.51. The molecule has 3 nitrogen and oxygen atoms in total. The second kappa shape index (κ2) is 6.92. The van der Waals surface area contributed by atoms with Gasteiger partial charge in [-0.3, -0.25) is 0 Å². The van der Waals surface area contributed by atoms with E-state index in [9.17, 15) is 5.11 Å². The molecule has 2 N–H and O–H groups in total. The molecule has 2 rings (SSSR count). The maximum Gasteiger partial charge on any atom is 0.120 e. The van der Waals surface area contributed by atoms with Crippen molar-refractivity contribution >= 4 is 15.9 Å². The van der Waals surface area contributed by atoms with Gasteiger partial charge in [-0.2, -0.15) is 0 Å². The Labute approximate surface area is 130 Å². The molecule has 3 unspecified atom stereocenters. The van der Waals surface area contributed by atoms with E-state index in [0.29, 0.717) is 17.8 Å². The number of hydrogen-bond acceptors (Lipinski definition) is 3. The molecule has 0 aromatic heterocycles. The molecular formula is C16H25BrN2O. The highest BCUT2D eigenvalue weighted by atomic mass is 79.9. The lowest BCUT2D eigenvalue weighted by Gasteiger charge is -2.37. The van der Waals surface area contributed by atoms with E-state index >= 15 is 0 Å². The fourth-order valence-corrected chi connectivity index (χ4v) is 3.34. The van der Waals surface area contributed by atoms with Crippen LogP contribution >= 0.6 is 15.9 Å². The zero-order valence-corrected chi connectivity index (χ0v) is 14.2. The normalized spacial score (nSPS) is 25.6. The van der Waals surface area contributed by atoms with Crippen molar-refractivity contribution in [3.8, 4) is 5.75 Å². The smallest absolute Gasteiger partial charge is 0.120 e. The Kier molecular flexibility index (Phi) is 5.47. The van der Waals surface area contributed by atoms with Crippen LogP contribution in [0, 0.1) is 0 Å². The molecule has 1 fully saturated rings. The van der Waals surface area contributed by atoms with Crippen LogP contribution in [-0.4, -0.2) is 35.7 Å². The van der Waals surface area contributed by atoms with E-state index in [-0.39, 0.29) is 6.04 Å². The van der Waals surface area contributed by atoms with Gasteiger partial charge < -0.3 is 15.3 Å². The fraction of sp³-hybridized carbons (Fsp3) is 0.625. The second-order valence-electron chi connectivity index (χ2n) is 5.88. The lowest BCUT2D eigenvalue weighted by Crippen LogP contribution is -2.46. The van der Waals surface area contributed by atoms with Crippen molar-refractivity contribution in [2.75, 3.05) is 13.6 Å². The maximum absolute atomic E-state index is 10.1. The average Bonchev–Trinajstić information content (AvgIpc) is 2.43. The van der Waals surface area contributed by atoms with Crippen molar-refractivity contribution in [3.05, 3.63) is 28.2 Å². The van der Waals surface area contributed by atoms with Crippen LogP contribution in [0.25, 0.3) is 0 Å². The number of piperidine rings is 1. The number of aromatic hydroxyl groups is 1. The van der Waals surface area contributed by atoms with Crippen molar-refractivity contribution in [2.24, 2.45) is 0 Å². The highest BCUT2D eigenvalue weighted by molar-refractivity contribution is 9.10. The Hall–Kier alpha value is -0.580. The van der Waals surface area contributed by atoms with Crippen LogP contribution in [0.1, 0.15) is 44.7 Å². The predicted molar refractivity (Wildman–Crippen MR) is 87.1 cm³/mol. The summed E-state index contributed by atoms with van der Waals surface area (Å²) in [5.41, 5.74) is 0.994. The molecule has 0 amide bonds. The first kappa shape index (κ1) is 15.8. The molecule has 0 radical (unpaired) electrons. The highest BCUT2D eigenvalue weighted by Crippen LogP contribution is 2.30. The quantitative estimate of drug-likeness (QED) is 0.877. The third-order valence-corrected chi connectivity index (χ3v) is 4.91. The molecule has 1 aliphatic heterocycles. The summed E-state index contributed by atoms with van der Waals surface area (Å²) in [6.45, 7) is 5.58. The number of phenols is 1. The van der Waals surface area contributed by atoms with Gasteiger partial charge >= 0.3 is 0 Å². The van der Waals surface area contributed by atoms with Crippen LogP contribution in [0.5, 0.6) is 5.75 Å². The molecule has 3 atom stereocenters. The van der Waals surface area contributed by atoms with Crippen molar-refractivity contribution in [1.29, 1.82) is 0 Å². The lowest BCUT2D eigenvalue weighted by atomic mass is 9.95. The van der Waals surface area contributed by atoms with Crippen molar-refractivity contribution in [3.63, 3.8) is 0 Å². The number of rotatable bonds is 4. The molecule has 20 heavy (non-hydrogen) atoms. The summed E-state index contributed by atoms with van der Waals surface area (Å²) >= 11 is 3.49. The monoisotopic (exact) mass is 340 g/mol. The van der Waals surface area contributed by atoms with Gasteiger partial charge in [-0.05, 0) is 58.0 Å². The van der Waals surface area contributed by atoms with Gasteiger partial charge in [0, 0.05) is 28.2 Å². The molecule has 1 saturated heterocycles. The third-order valence-electron chi connectivity index (χ3n) is 4.42. The third kappa shape index (κ3) is 3.74. The van der Waals surface area contributed by atoms with E-state index in [2.05, 4.69) is 47.0 Å². The number of likely N-dealkylation sites (tertiary alicyclic amines) is 1. The minimum atomic E-state index is 0.216. The lowest BCUT2D eigenvalue weighted by molar-refractivity contribution is 0.161. The number of benzene rings is 1. The largest absolute Gasteiger partial charge is 0.508 e. The van der Waals surface area contributed by atoms with Crippen molar-refractivity contribution in [1.82, 2.24) is 10.2 Å². The molecule has 1 aromatic rings. The van der Waals surface area contributed by atoms with Gasteiger partial charge in [-0.15, -0.1) is 0 Å². The Balaban J connectivity index is 2.07. The van der Waals surface area contributed by atoms with Crippen LogP contribution in [0.2, 0.25) is 0 Å². The summed E-state index contributed by atoms with van der Waals surface area (Å²) in [6, 6.07) is 7.03. The van der Waals surface area contributed by atoms with Crippen molar-refractivity contribution < 1.29 is 5.11 Å². The number of nitrogens with one attached hydrogen (secondary N) is 1. The minimum absolute atomic E-state index is 0.216. The summed E-state index contributed by atoms with van der Waals surface area (Å²) in [5.74, 6) is 0.383. The Bertz CT molecular complexity index is 452. The van der Waals surface area contributed by atoms with Crippen LogP contribution in [0.15, 0.2) is 22.7 Å². The van der Waals surface area contributed by atoms with Crippen LogP contribution < -0.4 is 5.32 Å². The summed E-state index contributed by atoms with van der Waals surface area (Å²) in [7, 11) is 2.19. The van der Waals surface area contributed by atoms with Gasteiger partial charge in [0.15, 0.2) is 0 Å². The van der Waals surface area contributed by atoms with E-state index in [4.69, 9.17) is 0 Å². The Morgan fingerprint density at radius 1 is 1.50 bits per heavy atom. The maximum atomic E-state index is 10.1. The van der Waals surface area contributed by atoms with Gasteiger partial charge in [0.1, 0.15) is 5.75 Å². The van der Waals surface area contributed by atoms with Crippen molar-refractivity contribution in [2.45, 2.75) is 51.2 Å². The predicted octanol–water partition coefficient (Wildman–Crippen LogP) is 3.68. The van der Waals surface area contributed by atoms with Gasteiger partial charge in [-0.1, -0.05) is 22.9 Å². The van der Waals surface area contributed by atoms with E-state index in [1.54, 1.807) is 6.07 Å². The molecule has 1 heterocycles. The van der Waals surface area contributed by atoms with Crippen LogP contribution in [0.4, 0.5) is 0 Å². The van der Waals surface area contributed by atoms with Crippen LogP contribution in [0.3, 0.4) is 0 Å². The highest BCUT2D eigenvalue weighted by Gasteiger charge is 2.25. The minimum Gasteiger partial charge on any atom is -0.508 e. The second-order valence-corrected chi connectivity index (χ2v) is 6.80. The van der Waals surface area contributed by atoms with Gasteiger partial charge in [0.25, 0.3) is 0 Å². The number of hydrogen-bond donors (Lipinski definition) is 2. The zero-order chi connectivity index (χ0) is 14.7. The summed E-state index contributed by atoms with van der Waals surface area (Å²) in [5, 5.41) is 13.8. The van der Waals surface area contributed by atoms with Gasteiger partial charge in [0.2, 0.25) is 0 Å². The molecule has 0 bridgehead atoms. The first-order valence-electron chi connectivity index (χ1n) is 7.46. The molecule has 1 aromatic carbocycles. The Morgan fingerprint density at radius 3 is 2.90 bits per heavy atom. The molecular weight excluding hydrogens is 316 g/mol. The van der Waals surface area contributed by atoms with E-state index in [0.717, 1.165) is 23.0 Å². The van der Waals surface area contributed by atoms with Crippen LogP contribution in [-0.2, 0) is 0 Å². The molecule has 112 valence electrons. The van der Waals surface area contributed by atoms with E-state index < -0.39 is 0 Å². The van der Waals surface area contributed by atoms with Gasteiger partial charge in [-0.25, -0.2) is 0 Å². The number of phenolic OH excluding ortho intramolecular Hbond substituents is 1. The summed E-state index contributed by atoms with van der Waals surface area (Å²) in [6.07, 6.45) is 3.32. The summed E-state index contributed by atoms with van der Waals surface area (Å²) < 4.78 is 1.02. The van der Waals surface area contributed by atoms with E-state index in [1.165, 1.54) is 12.8 Å². The van der Waals surface area contributed by atoms with Gasteiger partial charge in [0.05, 0.1) is 0 Å². The number of nitrogens with zero attached hydrogens (tertiary/aromatic N) is 1. The molecule has 0 aliphatic carbocycles. The molecule has 0 spiro atoms. The average molecular weight is 341 g/mol. The Morgan fingerprint density at radius 2 is 2.25 bits per heavy atom. The number of halogens is 1. The fourth-order valence-electron chi connectivity index (χ4n) is 2.96. The standard InChI is InChI=1S/C16H25BrN2O/c1-4-15(14-10-12(17)5-6-16(14)20)18-13-7-8-19(3)11(2)9-13/h5-6,10-11,13,15,18,20H,4,7-9H2,1-3H3. The molecule has 4 heteroatoms. The SMILES string of the molecule is CCC(NC1CCN(C)C(C)C1)c1cc(Br)ccc1O. The first-order valence-corrected chi connectivity index (χ1v) is 8.25. The topological polar surface area (TPSA) is 35.5 Å². The molecule has 1 aliphatic rings. The molecule has 0 saturated carbocycles. The van der Waals surface area contributed by atoms with E-state index in [1.807, 2.05) is 12.1 Å².